The molecular formula is C26H30O. The van der Waals surface area contributed by atoms with E-state index >= 15 is 0 Å². The van der Waals surface area contributed by atoms with E-state index in [0.717, 1.165) is 5.56 Å². The smallest absolute Gasteiger partial charge is 0.119 e. The van der Waals surface area contributed by atoms with Crippen LogP contribution in [0.5, 0.6) is 5.75 Å². The number of rotatable bonds is 5. The quantitative estimate of drug-likeness (QED) is 0.544. The zero-order chi connectivity index (χ0) is 19.7. The van der Waals surface area contributed by atoms with Crippen LogP contribution in [0.15, 0.2) is 84.9 Å². The summed E-state index contributed by atoms with van der Waals surface area (Å²) in [4.78, 5) is 0. The lowest BCUT2D eigenvalue weighted by Gasteiger charge is -2.55. The van der Waals surface area contributed by atoms with Crippen molar-refractivity contribution >= 4 is 0 Å². The van der Waals surface area contributed by atoms with Gasteiger partial charge in [0.2, 0.25) is 0 Å². The van der Waals surface area contributed by atoms with Gasteiger partial charge in [0.25, 0.3) is 0 Å². The van der Waals surface area contributed by atoms with E-state index < -0.39 is 0 Å². The maximum atomic E-state index is 10.9. The first-order valence-corrected chi connectivity index (χ1v) is 9.62. The second kappa shape index (κ2) is 6.88. The second-order valence-corrected chi connectivity index (χ2v) is 8.62. The first kappa shape index (κ1) is 19.2. The highest BCUT2D eigenvalue weighted by molar-refractivity contribution is 5.49. The Balaban J connectivity index is 2.33. The molecule has 0 saturated carbocycles. The summed E-state index contributed by atoms with van der Waals surface area (Å²) in [7, 11) is 0. The molecule has 140 valence electrons. The van der Waals surface area contributed by atoms with Crippen LogP contribution in [0.3, 0.4) is 0 Å². The number of aromatic hydroxyl groups is 1. The lowest BCUT2D eigenvalue weighted by molar-refractivity contribution is 0.158. The van der Waals surface area contributed by atoms with E-state index in [9.17, 15) is 5.11 Å². The summed E-state index contributed by atoms with van der Waals surface area (Å²) in [6, 6.07) is 29.1. The fraction of sp³-hybridized carbons (Fsp3) is 0.308. The Morgan fingerprint density at radius 1 is 0.519 bits per heavy atom. The number of phenolic OH excluding ortho intramolecular Hbond substituents is 1. The lowest BCUT2D eigenvalue weighted by Crippen LogP contribution is -2.55. The molecule has 0 atom stereocenters. The fourth-order valence-corrected chi connectivity index (χ4v) is 4.64. The molecule has 0 heterocycles. The largest absolute Gasteiger partial charge is 0.508 e. The average Bonchev–Trinajstić information content (AvgIpc) is 2.69. The van der Waals surface area contributed by atoms with Crippen LogP contribution in [-0.2, 0) is 16.2 Å². The van der Waals surface area contributed by atoms with Gasteiger partial charge in [-0.15, -0.1) is 0 Å². The Morgan fingerprint density at radius 2 is 0.889 bits per heavy atom. The minimum absolute atomic E-state index is 0.230. The second-order valence-electron chi connectivity index (χ2n) is 8.62. The predicted molar refractivity (Wildman–Crippen MR) is 114 cm³/mol. The van der Waals surface area contributed by atoms with E-state index in [0.29, 0.717) is 5.75 Å². The average molecular weight is 359 g/mol. The van der Waals surface area contributed by atoms with Gasteiger partial charge in [-0.2, -0.15) is 0 Å². The summed E-state index contributed by atoms with van der Waals surface area (Å²) in [6.45, 7) is 11.5. The Kier molecular flexibility index (Phi) is 4.90. The maximum Gasteiger partial charge on any atom is 0.119 e. The molecule has 27 heavy (non-hydrogen) atoms. The summed E-state index contributed by atoms with van der Waals surface area (Å²) in [5.74, 6) is 0.355. The summed E-state index contributed by atoms with van der Waals surface area (Å²) in [6.07, 6.45) is 0. The van der Waals surface area contributed by atoms with Crippen LogP contribution in [0.2, 0.25) is 0 Å². The third-order valence-corrected chi connectivity index (χ3v) is 6.93. The topological polar surface area (TPSA) is 20.2 Å². The van der Waals surface area contributed by atoms with Crippen LogP contribution < -0.4 is 0 Å². The molecule has 3 aromatic carbocycles. The number of hydrogen-bond acceptors (Lipinski definition) is 1. The van der Waals surface area contributed by atoms with Gasteiger partial charge in [-0.3, -0.25) is 0 Å². The van der Waals surface area contributed by atoms with E-state index in [1.54, 1.807) is 6.07 Å². The minimum atomic E-state index is -0.367. The first-order valence-electron chi connectivity index (χ1n) is 9.62. The molecule has 0 spiro atoms. The Labute approximate surface area is 163 Å². The Morgan fingerprint density at radius 3 is 1.30 bits per heavy atom. The molecule has 1 heteroatoms. The standard InChI is InChI=1S/C26H30O/c1-24(2,20-14-8-6-9-15-20)26(5,22-18-12-13-19-23(22)27)25(3,4)21-16-10-7-11-17-21/h6-19,27H,1-5H3. The molecular weight excluding hydrogens is 328 g/mol. The van der Waals surface area contributed by atoms with E-state index in [-0.39, 0.29) is 16.2 Å². The van der Waals surface area contributed by atoms with Gasteiger partial charge in [-0.05, 0) is 17.2 Å². The molecule has 0 fully saturated rings. The minimum Gasteiger partial charge on any atom is -0.508 e. The van der Waals surface area contributed by atoms with Crippen molar-refractivity contribution in [3.05, 3.63) is 102 Å². The number of para-hydroxylation sites is 1. The van der Waals surface area contributed by atoms with Gasteiger partial charge in [0.05, 0.1) is 0 Å². The van der Waals surface area contributed by atoms with Gasteiger partial charge in [-0.25, -0.2) is 0 Å². The third-order valence-electron chi connectivity index (χ3n) is 6.93. The van der Waals surface area contributed by atoms with Crippen molar-refractivity contribution in [3.8, 4) is 5.75 Å². The molecule has 0 aliphatic heterocycles. The molecule has 0 aliphatic rings. The number of benzene rings is 3. The van der Waals surface area contributed by atoms with Crippen LogP contribution in [0.25, 0.3) is 0 Å². The monoisotopic (exact) mass is 358 g/mol. The van der Waals surface area contributed by atoms with Crippen LogP contribution in [0, 0.1) is 0 Å². The van der Waals surface area contributed by atoms with Crippen LogP contribution in [0.4, 0.5) is 0 Å². The summed E-state index contributed by atoms with van der Waals surface area (Å²) < 4.78 is 0. The maximum absolute atomic E-state index is 10.9. The molecule has 3 aromatic rings. The van der Waals surface area contributed by atoms with Gasteiger partial charge < -0.3 is 5.11 Å². The van der Waals surface area contributed by atoms with Crippen LogP contribution >= 0.6 is 0 Å². The van der Waals surface area contributed by atoms with Crippen molar-refractivity contribution < 1.29 is 5.11 Å². The molecule has 0 saturated heterocycles. The SMILES string of the molecule is CC(C)(c1ccccc1)C(C)(c1ccccc1O)C(C)(C)c1ccccc1. The molecule has 0 aliphatic carbocycles. The molecule has 0 aromatic heterocycles. The van der Waals surface area contributed by atoms with Crippen molar-refractivity contribution in [1.82, 2.24) is 0 Å². The Bertz CT molecular complexity index is 840. The van der Waals surface area contributed by atoms with Gasteiger partial charge in [0.1, 0.15) is 5.75 Å². The van der Waals surface area contributed by atoms with Gasteiger partial charge in [-0.1, -0.05) is 113 Å². The molecule has 0 radical (unpaired) electrons. The summed E-state index contributed by atoms with van der Waals surface area (Å²) >= 11 is 0. The molecule has 0 unspecified atom stereocenters. The van der Waals surface area contributed by atoms with Crippen molar-refractivity contribution in [1.29, 1.82) is 0 Å². The van der Waals surface area contributed by atoms with Gasteiger partial charge in [0.15, 0.2) is 0 Å². The van der Waals surface area contributed by atoms with Gasteiger partial charge >= 0.3 is 0 Å². The van der Waals surface area contributed by atoms with Crippen molar-refractivity contribution in [2.24, 2.45) is 0 Å². The van der Waals surface area contributed by atoms with Gasteiger partial charge in [0, 0.05) is 21.8 Å². The third kappa shape index (κ3) is 2.96. The normalized spacial score (nSPS) is 12.8. The highest BCUT2D eigenvalue weighted by Crippen LogP contribution is 2.57. The van der Waals surface area contributed by atoms with Crippen molar-refractivity contribution in [3.63, 3.8) is 0 Å². The number of phenols is 1. The Hall–Kier alpha value is -2.54. The zero-order valence-electron chi connectivity index (χ0n) is 17.0. The highest BCUT2D eigenvalue weighted by atomic mass is 16.3. The van der Waals surface area contributed by atoms with E-state index in [4.69, 9.17) is 0 Å². The molecule has 0 bridgehead atoms. The van der Waals surface area contributed by atoms with Crippen molar-refractivity contribution in [2.75, 3.05) is 0 Å². The zero-order valence-corrected chi connectivity index (χ0v) is 17.0. The molecule has 1 N–H and O–H groups in total. The molecule has 3 rings (SSSR count). The lowest BCUT2D eigenvalue weighted by atomic mass is 9.47. The van der Waals surface area contributed by atoms with Crippen LogP contribution in [0.1, 0.15) is 51.3 Å². The molecule has 1 nitrogen and oxygen atoms in total. The highest BCUT2D eigenvalue weighted by Gasteiger charge is 2.54. The predicted octanol–water partition coefficient (Wildman–Crippen LogP) is 6.61. The summed E-state index contributed by atoms with van der Waals surface area (Å²) in [5.41, 5.74) is 2.68. The van der Waals surface area contributed by atoms with E-state index in [1.807, 2.05) is 12.1 Å². The van der Waals surface area contributed by atoms with E-state index in [1.165, 1.54) is 11.1 Å². The molecule has 0 amide bonds. The van der Waals surface area contributed by atoms with Crippen molar-refractivity contribution in [2.45, 2.75) is 50.9 Å². The number of hydrogen-bond donors (Lipinski definition) is 1. The van der Waals surface area contributed by atoms with E-state index in [2.05, 4.69) is 101 Å². The van der Waals surface area contributed by atoms with Crippen LogP contribution in [-0.4, -0.2) is 5.11 Å². The fourth-order valence-electron chi connectivity index (χ4n) is 4.64. The first-order chi connectivity index (χ1) is 12.7. The summed E-state index contributed by atoms with van der Waals surface area (Å²) in [5, 5.41) is 10.9.